The molecule has 2 unspecified atom stereocenters. The zero-order valence-corrected chi connectivity index (χ0v) is 23.4. The molecule has 0 bridgehead atoms. The van der Waals surface area contributed by atoms with E-state index < -0.39 is 48.1 Å². The van der Waals surface area contributed by atoms with Crippen LogP contribution in [0.25, 0.3) is 0 Å². The fraction of sp³-hybridized carbons (Fsp3) is 0.448. The van der Waals surface area contributed by atoms with Crippen molar-refractivity contribution in [2.45, 2.75) is 73.1 Å². The van der Waals surface area contributed by atoms with Crippen LogP contribution in [-0.2, 0) is 14.3 Å². The van der Waals surface area contributed by atoms with Gasteiger partial charge in [-0.1, -0.05) is 50.2 Å². The Balaban J connectivity index is 2.61. The van der Waals surface area contributed by atoms with Crippen LogP contribution in [0.5, 0.6) is 5.75 Å². The Labute approximate surface area is 224 Å². The molecular formula is C29H38N4O5. The summed E-state index contributed by atoms with van der Waals surface area (Å²) in [5.74, 6) is -1.82. The smallest absolute Gasteiger partial charge is 0.408 e. The number of carbonyl (C=O) groups excluding carboxylic acids is 3. The average molecular weight is 523 g/mol. The molecule has 0 radical (unpaired) electrons. The van der Waals surface area contributed by atoms with E-state index in [2.05, 4.69) is 10.6 Å². The molecule has 3 N–H and O–H groups in total. The summed E-state index contributed by atoms with van der Waals surface area (Å²) in [7, 11) is 0. The lowest BCUT2D eigenvalue weighted by molar-refractivity contribution is -0.141. The number of aryl methyl sites for hydroxylation is 3. The van der Waals surface area contributed by atoms with Gasteiger partial charge in [-0.3, -0.25) is 9.59 Å². The van der Waals surface area contributed by atoms with E-state index in [1.54, 1.807) is 59.7 Å². The number of aromatic hydroxyl groups is 1. The zero-order valence-electron chi connectivity index (χ0n) is 23.4. The molecule has 2 atom stereocenters. The number of carbonyl (C=O) groups is 3. The minimum atomic E-state index is -1.36. The first kappa shape index (κ1) is 30.2. The van der Waals surface area contributed by atoms with E-state index in [9.17, 15) is 24.8 Å². The number of hydrogen-bond donors (Lipinski definition) is 3. The Morgan fingerprint density at radius 1 is 1.03 bits per heavy atom. The van der Waals surface area contributed by atoms with Crippen LogP contribution < -0.4 is 10.6 Å². The van der Waals surface area contributed by atoms with Crippen LogP contribution in [-0.4, -0.2) is 46.1 Å². The lowest BCUT2D eigenvalue weighted by atomic mass is 9.96. The largest absolute Gasteiger partial charge is 0.507 e. The molecule has 0 aliphatic rings. The normalized spacial score (nSPS) is 12.7. The maximum Gasteiger partial charge on any atom is 0.408 e. The number of nitrogens with zero attached hydrogens (tertiary/aromatic N) is 2. The number of rotatable bonds is 8. The van der Waals surface area contributed by atoms with Gasteiger partial charge in [-0.05, 0) is 64.2 Å². The molecule has 0 aromatic heterocycles. The van der Waals surface area contributed by atoms with Gasteiger partial charge in [-0.2, -0.15) is 5.26 Å². The van der Waals surface area contributed by atoms with Gasteiger partial charge in [0.05, 0.1) is 6.07 Å². The van der Waals surface area contributed by atoms with E-state index in [1.165, 1.54) is 0 Å². The summed E-state index contributed by atoms with van der Waals surface area (Å²) in [5.41, 5.74) is 2.08. The second-order valence-electron chi connectivity index (χ2n) is 10.7. The molecule has 0 saturated heterocycles. The number of phenolic OH excluding ortho intramolecular Hbond substituents is 1. The van der Waals surface area contributed by atoms with Crippen molar-refractivity contribution >= 4 is 23.6 Å². The first-order valence-corrected chi connectivity index (χ1v) is 12.5. The van der Waals surface area contributed by atoms with Gasteiger partial charge in [0.2, 0.25) is 5.91 Å². The van der Waals surface area contributed by atoms with Crippen LogP contribution >= 0.6 is 0 Å². The van der Waals surface area contributed by atoms with E-state index in [4.69, 9.17) is 4.74 Å². The number of hydrogen-bond acceptors (Lipinski definition) is 6. The van der Waals surface area contributed by atoms with Crippen molar-refractivity contribution in [3.05, 3.63) is 58.7 Å². The number of para-hydroxylation sites is 2. The predicted molar refractivity (Wildman–Crippen MR) is 145 cm³/mol. The highest BCUT2D eigenvalue weighted by molar-refractivity contribution is 6.00. The van der Waals surface area contributed by atoms with Gasteiger partial charge in [0.15, 0.2) is 0 Å². The van der Waals surface area contributed by atoms with Crippen LogP contribution in [0, 0.1) is 38.0 Å². The number of benzene rings is 2. The molecule has 0 heterocycles. The van der Waals surface area contributed by atoms with Gasteiger partial charge < -0.3 is 25.4 Å². The van der Waals surface area contributed by atoms with Gasteiger partial charge in [-0.15, -0.1) is 0 Å². The molecule has 0 fully saturated rings. The van der Waals surface area contributed by atoms with E-state index in [1.807, 2.05) is 38.1 Å². The van der Waals surface area contributed by atoms with Crippen molar-refractivity contribution in [3.8, 4) is 11.8 Å². The fourth-order valence-corrected chi connectivity index (χ4v) is 4.06. The van der Waals surface area contributed by atoms with Crippen molar-refractivity contribution < 1.29 is 24.2 Å². The number of ether oxygens (including phenoxy) is 1. The van der Waals surface area contributed by atoms with E-state index in [0.717, 1.165) is 16.0 Å². The summed E-state index contributed by atoms with van der Waals surface area (Å²) in [4.78, 5) is 41.4. The predicted octanol–water partition coefficient (Wildman–Crippen LogP) is 4.90. The maximum absolute atomic E-state index is 13.9. The number of amides is 3. The van der Waals surface area contributed by atoms with E-state index in [0.29, 0.717) is 11.3 Å². The summed E-state index contributed by atoms with van der Waals surface area (Å²) in [6.45, 7) is 13.5. The molecular weight excluding hydrogens is 484 g/mol. The highest BCUT2D eigenvalue weighted by Gasteiger charge is 2.39. The van der Waals surface area contributed by atoms with Crippen molar-refractivity contribution in [2.24, 2.45) is 5.92 Å². The van der Waals surface area contributed by atoms with E-state index in [-0.39, 0.29) is 11.3 Å². The van der Waals surface area contributed by atoms with Gasteiger partial charge in [-0.25, -0.2) is 4.79 Å². The number of nitriles is 1. The fourth-order valence-electron chi connectivity index (χ4n) is 4.06. The monoisotopic (exact) mass is 522 g/mol. The van der Waals surface area contributed by atoms with Gasteiger partial charge in [0.25, 0.3) is 5.91 Å². The molecule has 38 heavy (non-hydrogen) atoms. The Morgan fingerprint density at radius 3 is 2.11 bits per heavy atom. The molecule has 9 heteroatoms. The van der Waals surface area contributed by atoms with Gasteiger partial charge >= 0.3 is 6.09 Å². The maximum atomic E-state index is 13.9. The number of phenols is 1. The second-order valence-corrected chi connectivity index (χ2v) is 10.7. The molecule has 204 valence electrons. The van der Waals surface area contributed by atoms with E-state index >= 15 is 0 Å². The van der Waals surface area contributed by atoms with Crippen LogP contribution in [0.2, 0.25) is 0 Å². The minimum absolute atomic E-state index is 0.161. The Hall–Kier alpha value is -4.06. The minimum Gasteiger partial charge on any atom is -0.507 e. The molecule has 0 saturated carbocycles. The first-order chi connectivity index (χ1) is 17.7. The number of alkyl carbamates (subject to hydrolysis) is 1. The summed E-state index contributed by atoms with van der Waals surface area (Å²) in [6, 6.07) is 9.95. The topological polar surface area (TPSA) is 132 Å². The molecule has 2 aromatic rings. The second kappa shape index (κ2) is 12.5. The quantitative estimate of drug-likeness (QED) is 0.423. The molecule has 2 rings (SSSR count). The molecule has 9 nitrogen and oxygen atoms in total. The Bertz CT molecular complexity index is 1210. The number of anilines is 1. The molecule has 0 aliphatic carbocycles. The van der Waals surface area contributed by atoms with Crippen LogP contribution in [0.4, 0.5) is 10.5 Å². The lowest BCUT2D eigenvalue weighted by Crippen LogP contribution is -2.54. The highest BCUT2D eigenvalue weighted by atomic mass is 16.6. The summed E-state index contributed by atoms with van der Waals surface area (Å²) >= 11 is 0. The Morgan fingerprint density at radius 2 is 1.58 bits per heavy atom. The van der Waals surface area contributed by atoms with Crippen LogP contribution in [0.15, 0.2) is 36.4 Å². The summed E-state index contributed by atoms with van der Waals surface area (Å²) < 4.78 is 5.34. The van der Waals surface area contributed by atoms with Gasteiger partial charge in [0.1, 0.15) is 30.0 Å². The van der Waals surface area contributed by atoms with Crippen molar-refractivity contribution in [1.82, 2.24) is 10.2 Å². The first-order valence-electron chi connectivity index (χ1n) is 12.5. The molecule has 2 aromatic carbocycles. The summed E-state index contributed by atoms with van der Waals surface area (Å²) in [6.07, 6.45) is -0.795. The SMILES string of the molecule is Cc1cccc(C(C(=O)Nc2c(C)cccc2C)N(CC#N)C(=O)C(NC(=O)OC(C)(C)C)C(C)C)c1O. The van der Waals surface area contributed by atoms with Crippen molar-refractivity contribution in [1.29, 1.82) is 5.26 Å². The third-order valence-electron chi connectivity index (χ3n) is 5.98. The third-order valence-corrected chi connectivity index (χ3v) is 5.98. The zero-order chi connectivity index (χ0) is 28.8. The third kappa shape index (κ3) is 7.48. The van der Waals surface area contributed by atoms with Crippen LogP contribution in [0.1, 0.15) is 62.9 Å². The van der Waals surface area contributed by atoms with Crippen molar-refractivity contribution in [3.63, 3.8) is 0 Å². The molecule has 0 spiro atoms. The number of nitrogens with one attached hydrogen (secondary N) is 2. The average Bonchev–Trinajstić information content (AvgIpc) is 2.80. The highest BCUT2D eigenvalue weighted by Crippen LogP contribution is 2.34. The van der Waals surface area contributed by atoms with Gasteiger partial charge in [0, 0.05) is 11.3 Å². The Kier molecular flexibility index (Phi) is 9.89. The summed E-state index contributed by atoms with van der Waals surface area (Å²) in [5, 5.41) is 26.1. The van der Waals surface area contributed by atoms with Crippen LogP contribution in [0.3, 0.4) is 0 Å². The lowest BCUT2D eigenvalue weighted by Gasteiger charge is -2.34. The standard InChI is InChI=1S/C29H38N4O5/c1-17(2)22(32-28(37)38-29(6,7)8)27(36)33(16-15-30)24(21-14-10-13-20(5)25(21)34)26(35)31-23-18(3)11-9-12-19(23)4/h9-14,17,22,24,34H,16H2,1-8H3,(H,31,35)(H,32,37). The molecule has 3 amide bonds. The molecule has 0 aliphatic heterocycles. The van der Waals surface area contributed by atoms with Crippen molar-refractivity contribution in [2.75, 3.05) is 11.9 Å².